The number of H-pyrrole nitrogens is 1. The van der Waals surface area contributed by atoms with E-state index in [2.05, 4.69) is 4.98 Å². The largest absolute Gasteiger partial charge is 0.478 e. The van der Waals surface area contributed by atoms with Crippen LogP contribution in [0.15, 0.2) is 23.0 Å². The van der Waals surface area contributed by atoms with E-state index in [1.807, 2.05) is 0 Å². The number of aromatic carboxylic acids is 1. The molecule has 0 spiro atoms. The molecule has 0 radical (unpaired) electrons. The predicted molar refractivity (Wildman–Crippen MR) is 68.6 cm³/mol. The first-order chi connectivity index (χ1) is 9.18. The zero-order valence-electron chi connectivity index (χ0n) is 10.3. The monoisotopic (exact) mass is 262 g/mol. The molecule has 2 heterocycles. The fraction of sp³-hybridized carbons (Fsp3) is 0.385. The number of aromatic amines is 1. The van der Waals surface area contributed by atoms with E-state index in [9.17, 15) is 9.59 Å². The summed E-state index contributed by atoms with van der Waals surface area (Å²) in [5, 5.41) is 9.14. The van der Waals surface area contributed by atoms with Gasteiger partial charge in [0.2, 0.25) is 0 Å². The van der Waals surface area contributed by atoms with E-state index in [0.717, 1.165) is 12.8 Å². The van der Waals surface area contributed by atoms with Crippen LogP contribution >= 0.6 is 0 Å². The van der Waals surface area contributed by atoms with Crippen molar-refractivity contribution in [3.05, 3.63) is 34.2 Å². The van der Waals surface area contributed by atoms with Crippen molar-refractivity contribution >= 4 is 17.0 Å². The number of fused-ring (bicyclic) bond motifs is 1. The summed E-state index contributed by atoms with van der Waals surface area (Å²) >= 11 is 0. The molecule has 6 nitrogen and oxygen atoms in total. The molecule has 1 aliphatic heterocycles. The molecule has 0 atom stereocenters. The van der Waals surface area contributed by atoms with Gasteiger partial charge in [-0.15, -0.1) is 0 Å². The molecule has 2 N–H and O–H groups in total. The second-order valence-electron chi connectivity index (χ2n) is 4.65. The van der Waals surface area contributed by atoms with Gasteiger partial charge in [-0.1, -0.05) is 6.07 Å². The Balaban J connectivity index is 2.20. The average Bonchev–Trinajstić information content (AvgIpc) is 2.75. The topological polar surface area (TPSA) is 84.3 Å². The number of hydrogen-bond acceptors (Lipinski definition) is 3. The van der Waals surface area contributed by atoms with Gasteiger partial charge in [-0.2, -0.15) is 0 Å². The second kappa shape index (κ2) is 4.55. The van der Waals surface area contributed by atoms with Crippen molar-refractivity contribution in [3.63, 3.8) is 0 Å². The van der Waals surface area contributed by atoms with E-state index < -0.39 is 5.97 Å². The highest BCUT2D eigenvalue weighted by molar-refractivity contribution is 6.00. The van der Waals surface area contributed by atoms with Gasteiger partial charge in [0.05, 0.1) is 16.6 Å². The highest BCUT2D eigenvalue weighted by Crippen LogP contribution is 2.24. The molecule has 6 heteroatoms. The van der Waals surface area contributed by atoms with Crippen LogP contribution in [0.4, 0.5) is 0 Å². The number of ether oxygens (including phenoxy) is 1. The van der Waals surface area contributed by atoms with E-state index in [1.165, 1.54) is 6.07 Å². The van der Waals surface area contributed by atoms with Crippen molar-refractivity contribution in [1.82, 2.24) is 9.55 Å². The summed E-state index contributed by atoms with van der Waals surface area (Å²) in [6.45, 7) is 1.25. The quantitative estimate of drug-likeness (QED) is 0.856. The van der Waals surface area contributed by atoms with Gasteiger partial charge in [-0.25, -0.2) is 9.59 Å². The van der Waals surface area contributed by atoms with Crippen LogP contribution in [-0.4, -0.2) is 33.8 Å². The zero-order chi connectivity index (χ0) is 13.4. The molecule has 1 aromatic carbocycles. The van der Waals surface area contributed by atoms with E-state index >= 15 is 0 Å². The van der Waals surface area contributed by atoms with Crippen molar-refractivity contribution in [2.45, 2.75) is 18.9 Å². The van der Waals surface area contributed by atoms with Crippen LogP contribution in [0.3, 0.4) is 0 Å². The molecule has 3 rings (SSSR count). The summed E-state index contributed by atoms with van der Waals surface area (Å²) in [4.78, 5) is 25.9. The van der Waals surface area contributed by atoms with Crippen LogP contribution in [0.2, 0.25) is 0 Å². The maximum Gasteiger partial charge on any atom is 0.337 e. The summed E-state index contributed by atoms with van der Waals surface area (Å²) in [6, 6.07) is 5.00. The van der Waals surface area contributed by atoms with Gasteiger partial charge in [0.25, 0.3) is 0 Å². The van der Waals surface area contributed by atoms with Crippen LogP contribution in [0, 0.1) is 0 Å². The number of nitrogens with zero attached hydrogens (tertiary/aromatic N) is 1. The van der Waals surface area contributed by atoms with Crippen molar-refractivity contribution in [2.24, 2.45) is 0 Å². The lowest BCUT2D eigenvalue weighted by Gasteiger charge is -2.23. The first-order valence-corrected chi connectivity index (χ1v) is 6.23. The minimum absolute atomic E-state index is 0.0686. The summed E-state index contributed by atoms with van der Waals surface area (Å²) in [7, 11) is 0. The number of carboxylic acid groups (broad SMARTS) is 1. The minimum atomic E-state index is -1.04. The Labute approximate surface area is 108 Å². The molecule has 1 aromatic heterocycles. The average molecular weight is 262 g/mol. The Morgan fingerprint density at radius 1 is 1.37 bits per heavy atom. The molecule has 1 aliphatic rings. The minimum Gasteiger partial charge on any atom is -0.478 e. The van der Waals surface area contributed by atoms with Crippen molar-refractivity contribution in [1.29, 1.82) is 0 Å². The molecule has 1 fully saturated rings. The van der Waals surface area contributed by atoms with Crippen molar-refractivity contribution in [3.8, 4) is 0 Å². The standard InChI is InChI=1S/C13H14N2O4/c16-12(17)9-2-1-3-10-11(9)14-13(18)15(10)8-4-6-19-7-5-8/h1-3,8H,4-7H2,(H,14,18)(H,16,17). The molecule has 0 unspecified atom stereocenters. The summed E-state index contributed by atoms with van der Waals surface area (Å²) in [5.41, 5.74) is 0.916. The molecule has 0 aliphatic carbocycles. The third kappa shape index (κ3) is 1.94. The molecule has 2 aromatic rings. The van der Waals surface area contributed by atoms with Crippen LogP contribution in [0.25, 0.3) is 11.0 Å². The van der Waals surface area contributed by atoms with Gasteiger partial charge >= 0.3 is 11.7 Å². The van der Waals surface area contributed by atoms with Crippen molar-refractivity contribution in [2.75, 3.05) is 13.2 Å². The fourth-order valence-electron chi connectivity index (χ4n) is 2.63. The van der Waals surface area contributed by atoms with Gasteiger partial charge in [-0.05, 0) is 25.0 Å². The Kier molecular flexibility index (Phi) is 2.87. The molecule has 100 valence electrons. The highest BCUT2D eigenvalue weighted by atomic mass is 16.5. The molecule has 0 amide bonds. The number of carbonyl (C=O) groups is 1. The number of carboxylic acids is 1. The van der Waals surface area contributed by atoms with E-state index in [4.69, 9.17) is 9.84 Å². The second-order valence-corrected chi connectivity index (χ2v) is 4.65. The van der Waals surface area contributed by atoms with E-state index in [-0.39, 0.29) is 17.3 Å². The maximum absolute atomic E-state index is 12.1. The third-order valence-electron chi connectivity index (χ3n) is 3.54. The maximum atomic E-state index is 12.1. The SMILES string of the molecule is O=C(O)c1cccc2c1[nH]c(=O)n2C1CCOCC1. The number of imidazole rings is 1. The fourth-order valence-corrected chi connectivity index (χ4v) is 2.63. The molecule has 19 heavy (non-hydrogen) atoms. The third-order valence-corrected chi connectivity index (χ3v) is 3.54. The lowest BCUT2D eigenvalue weighted by atomic mass is 10.1. The predicted octanol–water partition coefficient (Wildman–Crippen LogP) is 1.38. The van der Waals surface area contributed by atoms with Crippen LogP contribution in [0.1, 0.15) is 29.2 Å². The van der Waals surface area contributed by atoms with E-state index in [0.29, 0.717) is 24.2 Å². The number of rotatable bonds is 2. The summed E-state index contributed by atoms with van der Waals surface area (Å²) in [5.74, 6) is -1.04. The van der Waals surface area contributed by atoms with Gasteiger partial charge in [-0.3, -0.25) is 4.57 Å². The normalized spacial score (nSPS) is 16.8. The summed E-state index contributed by atoms with van der Waals surface area (Å²) in [6.07, 6.45) is 1.54. The van der Waals surface area contributed by atoms with Gasteiger partial charge < -0.3 is 14.8 Å². The number of hydrogen-bond donors (Lipinski definition) is 2. The van der Waals surface area contributed by atoms with Crippen LogP contribution in [-0.2, 0) is 4.74 Å². The molecular weight excluding hydrogens is 248 g/mol. The lowest BCUT2D eigenvalue weighted by molar-refractivity contribution is 0.0693. The van der Waals surface area contributed by atoms with Gasteiger partial charge in [0, 0.05) is 19.3 Å². The number of nitrogens with one attached hydrogen (secondary N) is 1. The number of benzene rings is 1. The first-order valence-electron chi connectivity index (χ1n) is 6.23. The smallest absolute Gasteiger partial charge is 0.337 e. The Bertz CT molecular complexity index is 679. The highest BCUT2D eigenvalue weighted by Gasteiger charge is 2.22. The van der Waals surface area contributed by atoms with Crippen LogP contribution in [0.5, 0.6) is 0 Å². The molecular formula is C13H14N2O4. The zero-order valence-corrected chi connectivity index (χ0v) is 10.3. The number of aromatic nitrogens is 2. The Hall–Kier alpha value is -2.08. The Morgan fingerprint density at radius 2 is 2.11 bits per heavy atom. The van der Waals surface area contributed by atoms with Gasteiger partial charge in [0.15, 0.2) is 0 Å². The van der Waals surface area contributed by atoms with Gasteiger partial charge in [0.1, 0.15) is 0 Å². The molecule has 0 bridgehead atoms. The number of para-hydroxylation sites is 1. The molecule has 0 saturated carbocycles. The summed E-state index contributed by atoms with van der Waals surface area (Å²) < 4.78 is 6.95. The van der Waals surface area contributed by atoms with Crippen molar-refractivity contribution < 1.29 is 14.6 Å². The van der Waals surface area contributed by atoms with Crippen LogP contribution < -0.4 is 5.69 Å². The van der Waals surface area contributed by atoms with E-state index in [1.54, 1.807) is 16.7 Å². The first kappa shape index (κ1) is 12.0. The molecule has 1 saturated heterocycles. The Morgan fingerprint density at radius 3 is 2.79 bits per heavy atom. The lowest BCUT2D eigenvalue weighted by Crippen LogP contribution is -2.27.